The van der Waals surface area contributed by atoms with Gasteiger partial charge in [-0.3, -0.25) is 9.36 Å². The molecule has 2 heterocycles. The first-order chi connectivity index (χ1) is 9.74. The molecule has 1 aromatic heterocycles. The van der Waals surface area contributed by atoms with E-state index in [4.69, 9.17) is 0 Å². The molecule has 0 atom stereocenters. The lowest BCUT2D eigenvalue weighted by molar-refractivity contribution is 0.274. The van der Waals surface area contributed by atoms with Crippen LogP contribution in [0.2, 0.25) is 0 Å². The summed E-state index contributed by atoms with van der Waals surface area (Å²) in [5.41, 5.74) is 0.938. The monoisotopic (exact) mass is 292 g/mol. The van der Waals surface area contributed by atoms with Crippen molar-refractivity contribution >= 4 is 21.6 Å². The summed E-state index contributed by atoms with van der Waals surface area (Å²) in [5.74, 6) is 0.221. The number of likely N-dealkylation sites (tertiary alicyclic amines) is 1. The van der Waals surface area contributed by atoms with Crippen LogP contribution in [0.4, 0.5) is 0 Å². The molecule has 3 rings (SSSR count). The number of thiazole rings is 1. The van der Waals surface area contributed by atoms with E-state index in [1.807, 2.05) is 10.6 Å². The van der Waals surface area contributed by atoms with E-state index < -0.39 is 0 Å². The first-order valence-electron chi connectivity index (χ1n) is 7.29. The highest BCUT2D eigenvalue weighted by atomic mass is 32.1. The number of phenolic OH excluding ortho intramolecular Hbond substituents is 1. The van der Waals surface area contributed by atoms with Crippen LogP contribution in [0.15, 0.2) is 23.0 Å². The summed E-state index contributed by atoms with van der Waals surface area (Å²) in [6.07, 6.45) is 5.20. The van der Waals surface area contributed by atoms with E-state index in [0.29, 0.717) is 0 Å². The molecule has 1 aliphatic rings. The van der Waals surface area contributed by atoms with Gasteiger partial charge in [0.25, 0.3) is 0 Å². The predicted molar refractivity (Wildman–Crippen MR) is 82.7 cm³/mol. The van der Waals surface area contributed by atoms with Crippen LogP contribution in [0, 0.1) is 0 Å². The predicted octanol–water partition coefficient (Wildman–Crippen LogP) is 2.64. The topological polar surface area (TPSA) is 45.5 Å². The second kappa shape index (κ2) is 5.97. The summed E-state index contributed by atoms with van der Waals surface area (Å²) in [7, 11) is 0. The SMILES string of the molecule is O=c1sc2cc(O)ccc2n1CCN1CCCCCC1. The molecule has 0 radical (unpaired) electrons. The fourth-order valence-corrected chi connectivity index (χ4v) is 3.82. The maximum absolute atomic E-state index is 12.1. The Labute approximate surface area is 122 Å². The number of fused-ring (bicyclic) bond motifs is 1. The molecule has 1 aromatic carbocycles. The van der Waals surface area contributed by atoms with E-state index in [0.717, 1.165) is 36.4 Å². The van der Waals surface area contributed by atoms with Gasteiger partial charge in [-0.15, -0.1) is 0 Å². The largest absolute Gasteiger partial charge is 0.508 e. The van der Waals surface area contributed by atoms with Gasteiger partial charge in [-0.25, -0.2) is 0 Å². The molecule has 0 amide bonds. The summed E-state index contributed by atoms with van der Waals surface area (Å²) < 4.78 is 2.70. The number of hydrogen-bond donors (Lipinski definition) is 1. The van der Waals surface area contributed by atoms with Crippen molar-refractivity contribution in [2.45, 2.75) is 32.2 Å². The third kappa shape index (κ3) is 2.88. The van der Waals surface area contributed by atoms with Gasteiger partial charge in [-0.05, 0) is 44.1 Å². The molecule has 2 aromatic rings. The van der Waals surface area contributed by atoms with Crippen LogP contribution in [-0.4, -0.2) is 34.2 Å². The number of aromatic nitrogens is 1. The van der Waals surface area contributed by atoms with Gasteiger partial charge in [0.2, 0.25) is 0 Å². The van der Waals surface area contributed by atoms with Crippen LogP contribution in [0.3, 0.4) is 0 Å². The minimum Gasteiger partial charge on any atom is -0.508 e. The van der Waals surface area contributed by atoms with Crippen molar-refractivity contribution in [2.24, 2.45) is 0 Å². The smallest absolute Gasteiger partial charge is 0.308 e. The summed E-state index contributed by atoms with van der Waals surface area (Å²) >= 11 is 1.21. The third-order valence-corrected chi connectivity index (χ3v) is 4.93. The molecule has 5 heteroatoms. The standard InChI is InChI=1S/C15H20N2O2S/c18-12-5-6-13-14(11-12)20-15(19)17(13)10-9-16-7-3-1-2-4-8-16/h5-6,11,18H,1-4,7-10H2. The molecule has 0 bridgehead atoms. The van der Waals surface area contributed by atoms with Gasteiger partial charge >= 0.3 is 4.87 Å². The van der Waals surface area contributed by atoms with Crippen LogP contribution in [-0.2, 0) is 6.54 Å². The molecule has 0 spiro atoms. The van der Waals surface area contributed by atoms with Gasteiger partial charge in [0.1, 0.15) is 5.75 Å². The second-order valence-electron chi connectivity index (χ2n) is 5.43. The number of benzene rings is 1. The lowest BCUT2D eigenvalue weighted by Gasteiger charge is -2.19. The normalized spacial score (nSPS) is 17.4. The van der Waals surface area contributed by atoms with E-state index in [9.17, 15) is 9.90 Å². The molecule has 0 saturated carbocycles. The molecule has 20 heavy (non-hydrogen) atoms. The number of hydrogen-bond acceptors (Lipinski definition) is 4. The van der Waals surface area contributed by atoms with Gasteiger partial charge in [0.15, 0.2) is 0 Å². The quantitative estimate of drug-likeness (QED) is 0.946. The van der Waals surface area contributed by atoms with Crippen LogP contribution < -0.4 is 4.87 Å². The molecule has 0 aliphatic carbocycles. The molecule has 1 saturated heterocycles. The second-order valence-corrected chi connectivity index (χ2v) is 6.42. The van der Waals surface area contributed by atoms with Gasteiger partial charge in [0.05, 0.1) is 10.2 Å². The van der Waals surface area contributed by atoms with E-state index >= 15 is 0 Å². The lowest BCUT2D eigenvalue weighted by Crippen LogP contribution is -2.30. The van der Waals surface area contributed by atoms with E-state index in [1.54, 1.807) is 12.1 Å². The third-order valence-electron chi connectivity index (χ3n) is 3.99. The number of nitrogens with zero attached hydrogens (tertiary/aromatic N) is 2. The van der Waals surface area contributed by atoms with Crippen molar-refractivity contribution in [3.05, 3.63) is 27.9 Å². The molecular formula is C15H20N2O2S. The fraction of sp³-hybridized carbons (Fsp3) is 0.533. The average molecular weight is 292 g/mol. The van der Waals surface area contributed by atoms with E-state index in [2.05, 4.69) is 4.90 Å². The van der Waals surface area contributed by atoms with Crippen molar-refractivity contribution in [3.63, 3.8) is 0 Å². The average Bonchev–Trinajstić information content (AvgIpc) is 2.62. The zero-order chi connectivity index (χ0) is 13.9. The highest BCUT2D eigenvalue weighted by Crippen LogP contribution is 2.22. The molecule has 0 unspecified atom stereocenters. The van der Waals surface area contributed by atoms with Gasteiger partial charge in [-0.1, -0.05) is 24.2 Å². The maximum atomic E-state index is 12.1. The Morgan fingerprint density at radius 2 is 1.85 bits per heavy atom. The van der Waals surface area contributed by atoms with Gasteiger partial charge in [0, 0.05) is 13.1 Å². The molecular weight excluding hydrogens is 272 g/mol. The van der Waals surface area contributed by atoms with Crippen molar-refractivity contribution in [1.29, 1.82) is 0 Å². The van der Waals surface area contributed by atoms with Crippen molar-refractivity contribution in [3.8, 4) is 5.75 Å². The lowest BCUT2D eigenvalue weighted by atomic mass is 10.2. The Hall–Kier alpha value is -1.33. The fourth-order valence-electron chi connectivity index (χ4n) is 2.87. The highest BCUT2D eigenvalue weighted by Gasteiger charge is 2.12. The van der Waals surface area contributed by atoms with Crippen molar-refractivity contribution < 1.29 is 5.11 Å². The molecule has 1 N–H and O–H groups in total. The Morgan fingerprint density at radius 3 is 2.60 bits per heavy atom. The molecule has 4 nitrogen and oxygen atoms in total. The van der Waals surface area contributed by atoms with Crippen molar-refractivity contribution in [1.82, 2.24) is 9.47 Å². The maximum Gasteiger partial charge on any atom is 0.308 e. The molecule has 1 fully saturated rings. The van der Waals surface area contributed by atoms with Crippen LogP contribution in [0.1, 0.15) is 25.7 Å². The number of rotatable bonds is 3. The van der Waals surface area contributed by atoms with Crippen LogP contribution in [0.25, 0.3) is 10.2 Å². The summed E-state index contributed by atoms with van der Waals surface area (Å²) in [5, 5.41) is 9.48. The van der Waals surface area contributed by atoms with Crippen molar-refractivity contribution in [2.75, 3.05) is 19.6 Å². The number of phenols is 1. The minimum atomic E-state index is 0.0698. The number of aromatic hydroxyl groups is 1. The Bertz CT molecular complexity index is 639. The van der Waals surface area contributed by atoms with E-state index in [-0.39, 0.29) is 10.6 Å². The highest BCUT2D eigenvalue weighted by molar-refractivity contribution is 7.16. The summed E-state index contributed by atoms with van der Waals surface area (Å²) in [6.45, 7) is 3.98. The zero-order valence-corrected chi connectivity index (χ0v) is 12.4. The summed E-state index contributed by atoms with van der Waals surface area (Å²) in [6, 6.07) is 5.16. The van der Waals surface area contributed by atoms with Crippen LogP contribution in [0.5, 0.6) is 5.75 Å². The van der Waals surface area contributed by atoms with E-state index in [1.165, 1.54) is 37.0 Å². The Kier molecular flexibility index (Phi) is 4.08. The minimum absolute atomic E-state index is 0.0698. The van der Waals surface area contributed by atoms with Gasteiger partial charge < -0.3 is 10.0 Å². The molecule has 108 valence electrons. The Morgan fingerprint density at radius 1 is 1.10 bits per heavy atom. The first kappa shape index (κ1) is 13.6. The van der Waals surface area contributed by atoms with Gasteiger partial charge in [-0.2, -0.15) is 0 Å². The Balaban J connectivity index is 1.76. The zero-order valence-electron chi connectivity index (χ0n) is 11.5. The first-order valence-corrected chi connectivity index (χ1v) is 8.10. The van der Waals surface area contributed by atoms with Crippen LogP contribution >= 0.6 is 11.3 Å². The molecule has 1 aliphatic heterocycles. The summed E-state index contributed by atoms with van der Waals surface area (Å²) in [4.78, 5) is 14.6.